The van der Waals surface area contributed by atoms with Crippen LogP contribution in [-0.2, 0) is 4.79 Å². The minimum absolute atomic E-state index is 0.530. The van der Waals surface area contributed by atoms with E-state index in [9.17, 15) is 13.6 Å². The topological polar surface area (TPSA) is 17.1 Å². The van der Waals surface area contributed by atoms with Gasteiger partial charge < -0.3 is 0 Å². The van der Waals surface area contributed by atoms with Crippen molar-refractivity contribution in [2.45, 2.75) is 6.43 Å². The zero-order valence-electron chi connectivity index (χ0n) is 6.93. The summed E-state index contributed by atoms with van der Waals surface area (Å²) in [5, 5.41) is 0. The van der Waals surface area contributed by atoms with E-state index in [2.05, 4.69) is 21.9 Å². The van der Waals surface area contributed by atoms with Crippen LogP contribution in [0.25, 0.3) is 0 Å². The van der Waals surface area contributed by atoms with Crippen molar-refractivity contribution in [2.24, 2.45) is 0 Å². The number of carbonyl (C=O) groups excluding carboxylic acids is 1. The lowest BCUT2D eigenvalue weighted by Crippen LogP contribution is -2.05. The van der Waals surface area contributed by atoms with Gasteiger partial charge in [-0.2, -0.15) is 0 Å². The Kier molecular flexibility index (Phi) is 3.78. The average molecular weight is 259 g/mol. The second-order valence-corrected chi connectivity index (χ2v) is 3.34. The van der Waals surface area contributed by atoms with Crippen LogP contribution in [-0.4, -0.2) is 12.2 Å². The monoisotopic (exact) mass is 258 g/mol. The van der Waals surface area contributed by atoms with E-state index in [1.807, 2.05) is 5.92 Å². The first-order chi connectivity index (χ1) is 6.59. The van der Waals surface area contributed by atoms with Crippen molar-refractivity contribution >= 4 is 21.7 Å². The minimum atomic E-state index is -3.02. The van der Waals surface area contributed by atoms with Gasteiger partial charge in [-0.3, -0.25) is 4.79 Å². The third kappa shape index (κ3) is 3.27. The van der Waals surface area contributed by atoms with Crippen LogP contribution in [0.3, 0.4) is 0 Å². The lowest BCUT2D eigenvalue weighted by molar-refractivity contribution is -0.123. The molecule has 0 saturated heterocycles. The Morgan fingerprint density at radius 2 is 1.86 bits per heavy atom. The van der Waals surface area contributed by atoms with Gasteiger partial charge in [0.25, 0.3) is 5.78 Å². The van der Waals surface area contributed by atoms with E-state index in [1.54, 1.807) is 24.3 Å². The smallest absolute Gasteiger partial charge is 0.278 e. The van der Waals surface area contributed by atoms with E-state index in [0.29, 0.717) is 5.56 Å². The first-order valence-electron chi connectivity index (χ1n) is 3.69. The summed E-state index contributed by atoms with van der Waals surface area (Å²) in [5.41, 5.74) is 0.530. The van der Waals surface area contributed by atoms with E-state index < -0.39 is 12.2 Å². The van der Waals surface area contributed by atoms with Crippen molar-refractivity contribution in [3.8, 4) is 11.8 Å². The Morgan fingerprint density at radius 3 is 2.36 bits per heavy atom. The molecule has 1 nitrogen and oxygen atoms in total. The molecule has 0 atom stereocenters. The van der Waals surface area contributed by atoms with Crippen LogP contribution in [0.4, 0.5) is 8.78 Å². The summed E-state index contributed by atoms with van der Waals surface area (Å²) in [4.78, 5) is 10.5. The molecular weight excluding hydrogens is 254 g/mol. The van der Waals surface area contributed by atoms with Gasteiger partial charge in [0.05, 0.1) is 0 Å². The molecule has 0 heterocycles. The maximum atomic E-state index is 11.7. The van der Waals surface area contributed by atoms with Gasteiger partial charge in [0, 0.05) is 10.0 Å². The Morgan fingerprint density at radius 1 is 1.29 bits per heavy atom. The molecule has 0 bridgehead atoms. The van der Waals surface area contributed by atoms with Gasteiger partial charge in [-0.05, 0) is 30.2 Å². The standard InChI is InChI=1S/C10H5BrF2O/c11-8-4-1-7(2-5-8)3-6-9(14)10(12)13/h1-2,4-5,10H. The second-order valence-electron chi connectivity index (χ2n) is 2.42. The maximum absolute atomic E-state index is 11.7. The lowest BCUT2D eigenvalue weighted by Gasteiger charge is -1.90. The minimum Gasteiger partial charge on any atom is -0.278 e. The molecule has 1 rings (SSSR count). The Balaban J connectivity index is 2.78. The molecule has 0 fully saturated rings. The first-order valence-corrected chi connectivity index (χ1v) is 4.48. The molecule has 0 radical (unpaired) electrons. The van der Waals surface area contributed by atoms with Crippen LogP contribution in [0, 0.1) is 11.8 Å². The van der Waals surface area contributed by atoms with Gasteiger partial charge >= 0.3 is 6.43 Å². The van der Waals surface area contributed by atoms with Crippen molar-refractivity contribution in [1.82, 2.24) is 0 Å². The predicted octanol–water partition coefficient (Wildman–Crippen LogP) is 2.63. The van der Waals surface area contributed by atoms with Crippen molar-refractivity contribution in [1.29, 1.82) is 0 Å². The summed E-state index contributed by atoms with van der Waals surface area (Å²) >= 11 is 3.21. The number of halogens is 3. The van der Waals surface area contributed by atoms with E-state index in [1.165, 1.54) is 0 Å². The summed E-state index contributed by atoms with van der Waals surface area (Å²) in [5.74, 6) is 2.86. The number of rotatable bonds is 1. The fourth-order valence-corrected chi connectivity index (χ4v) is 0.986. The Hall–Kier alpha value is -1.21. The van der Waals surface area contributed by atoms with E-state index >= 15 is 0 Å². The molecule has 0 N–H and O–H groups in total. The van der Waals surface area contributed by atoms with E-state index in [-0.39, 0.29) is 0 Å². The fourth-order valence-electron chi connectivity index (χ4n) is 0.722. The summed E-state index contributed by atoms with van der Waals surface area (Å²) in [6, 6.07) is 6.71. The number of carbonyl (C=O) groups is 1. The highest BCUT2D eigenvalue weighted by atomic mass is 79.9. The van der Waals surface area contributed by atoms with Crippen molar-refractivity contribution in [3.63, 3.8) is 0 Å². The molecule has 1 aromatic rings. The third-order valence-corrected chi connectivity index (χ3v) is 1.90. The molecule has 0 amide bonds. The Bertz CT molecular complexity index is 387. The van der Waals surface area contributed by atoms with Crippen molar-refractivity contribution in [3.05, 3.63) is 34.3 Å². The lowest BCUT2D eigenvalue weighted by atomic mass is 10.2. The molecule has 14 heavy (non-hydrogen) atoms. The van der Waals surface area contributed by atoms with Crippen LogP contribution in [0.5, 0.6) is 0 Å². The summed E-state index contributed by atoms with van der Waals surface area (Å²) in [6.07, 6.45) is -3.02. The van der Waals surface area contributed by atoms with Crippen LogP contribution in [0.2, 0.25) is 0 Å². The third-order valence-electron chi connectivity index (χ3n) is 1.37. The van der Waals surface area contributed by atoms with E-state index in [4.69, 9.17) is 0 Å². The zero-order valence-corrected chi connectivity index (χ0v) is 8.51. The zero-order chi connectivity index (χ0) is 10.6. The van der Waals surface area contributed by atoms with Gasteiger partial charge in [0.2, 0.25) is 0 Å². The van der Waals surface area contributed by atoms with Gasteiger partial charge in [0.1, 0.15) is 0 Å². The molecule has 0 aromatic heterocycles. The highest BCUT2D eigenvalue weighted by Crippen LogP contribution is 2.09. The number of ketones is 1. The fraction of sp³-hybridized carbons (Fsp3) is 0.100. The van der Waals surface area contributed by atoms with Crippen LogP contribution >= 0.6 is 15.9 Å². The van der Waals surface area contributed by atoms with Crippen LogP contribution < -0.4 is 0 Å². The molecule has 0 aliphatic rings. The molecular formula is C10H5BrF2O. The number of alkyl halides is 2. The Labute approximate surface area is 88.3 Å². The molecule has 0 spiro atoms. The number of hydrogen-bond acceptors (Lipinski definition) is 1. The van der Waals surface area contributed by atoms with Crippen LogP contribution in [0.1, 0.15) is 5.56 Å². The number of benzene rings is 1. The highest BCUT2D eigenvalue weighted by Gasteiger charge is 2.10. The summed E-state index contributed by atoms with van der Waals surface area (Å²) in [6.45, 7) is 0. The average Bonchev–Trinajstić information content (AvgIpc) is 2.16. The van der Waals surface area contributed by atoms with Gasteiger partial charge in [-0.1, -0.05) is 21.9 Å². The molecule has 0 aliphatic carbocycles. The maximum Gasteiger partial charge on any atom is 0.308 e. The molecule has 0 unspecified atom stereocenters. The SMILES string of the molecule is O=C(C#Cc1ccc(Br)cc1)C(F)F. The normalized spacial score (nSPS) is 9.43. The molecule has 0 aliphatic heterocycles. The van der Waals surface area contributed by atoms with Gasteiger partial charge in [-0.15, -0.1) is 0 Å². The largest absolute Gasteiger partial charge is 0.308 e. The number of Topliss-reactive ketones (excluding diaryl/α,β-unsaturated/α-hetero) is 1. The van der Waals surface area contributed by atoms with Gasteiger partial charge in [-0.25, -0.2) is 8.78 Å². The molecule has 1 aromatic carbocycles. The highest BCUT2D eigenvalue weighted by molar-refractivity contribution is 9.10. The molecule has 4 heteroatoms. The molecule has 0 saturated carbocycles. The number of hydrogen-bond donors (Lipinski definition) is 0. The first kappa shape index (κ1) is 10.9. The quantitative estimate of drug-likeness (QED) is 0.708. The molecule has 72 valence electrons. The van der Waals surface area contributed by atoms with Crippen LogP contribution in [0.15, 0.2) is 28.7 Å². The summed E-state index contributed by atoms with van der Waals surface area (Å²) in [7, 11) is 0. The summed E-state index contributed by atoms with van der Waals surface area (Å²) < 4.78 is 24.3. The van der Waals surface area contributed by atoms with E-state index in [0.717, 1.165) is 4.47 Å². The second kappa shape index (κ2) is 4.87. The van der Waals surface area contributed by atoms with Crippen molar-refractivity contribution in [2.75, 3.05) is 0 Å². The van der Waals surface area contributed by atoms with Gasteiger partial charge in [0.15, 0.2) is 0 Å². The van der Waals surface area contributed by atoms with Crippen molar-refractivity contribution < 1.29 is 13.6 Å². The predicted molar refractivity (Wildman–Crippen MR) is 52.0 cm³/mol.